The molecule has 26 heavy (non-hydrogen) atoms. The number of amides is 2. The summed E-state index contributed by atoms with van der Waals surface area (Å²) in [5.41, 5.74) is 1.95. The van der Waals surface area contributed by atoms with Gasteiger partial charge >= 0.3 is 6.03 Å². The number of carbonyl (C=O) groups excluding carboxylic acids is 1. The molecule has 0 spiro atoms. The Morgan fingerprint density at radius 3 is 2.58 bits per heavy atom. The molecule has 1 saturated heterocycles. The first-order valence-electron chi connectivity index (χ1n) is 9.13. The van der Waals surface area contributed by atoms with Gasteiger partial charge < -0.3 is 15.5 Å². The van der Waals surface area contributed by atoms with Gasteiger partial charge in [0.15, 0.2) is 0 Å². The summed E-state index contributed by atoms with van der Waals surface area (Å²) < 4.78 is 0. The number of urea groups is 1. The van der Waals surface area contributed by atoms with Crippen molar-refractivity contribution >= 4 is 23.1 Å². The van der Waals surface area contributed by atoms with E-state index in [1.54, 1.807) is 11.3 Å². The van der Waals surface area contributed by atoms with Gasteiger partial charge in [0.25, 0.3) is 0 Å². The highest BCUT2D eigenvalue weighted by Gasteiger charge is 2.30. The van der Waals surface area contributed by atoms with Gasteiger partial charge in [-0.3, -0.25) is 4.90 Å². The minimum Gasteiger partial charge on any atom is -0.333 e. The van der Waals surface area contributed by atoms with Crippen molar-refractivity contribution in [3.05, 3.63) is 52.2 Å². The smallest absolute Gasteiger partial charge is 0.319 e. The van der Waals surface area contributed by atoms with E-state index in [0.717, 1.165) is 37.4 Å². The van der Waals surface area contributed by atoms with Crippen LogP contribution in [0.4, 0.5) is 10.5 Å². The second kappa shape index (κ2) is 8.66. The number of benzene rings is 1. The molecule has 1 aromatic carbocycles. The summed E-state index contributed by atoms with van der Waals surface area (Å²) in [4.78, 5) is 18.6. The van der Waals surface area contributed by atoms with Gasteiger partial charge in [0.2, 0.25) is 0 Å². The quantitative estimate of drug-likeness (QED) is 0.844. The molecule has 0 radical (unpaired) electrons. The first-order valence-corrected chi connectivity index (χ1v) is 10.0. The van der Waals surface area contributed by atoms with Gasteiger partial charge in [-0.15, -0.1) is 11.3 Å². The number of piperazine rings is 1. The number of nitrogens with one attached hydrogen (secondary N) is 2. The van der Waals surface area contributed by atoms with Crippen molar-refractivity contribution in [2.45, 2.75) is 25.9 Å². The van der Waals surface area contributed by atoms with Gasteiger partial charge in [-0.1, -0.05) is 18.2 Å². The number of nitrogens with zero attached hydrogens (tertiary/aromatic N) is 2. The Morgan fingerprint density at radius 2 is 1.92 bits per heavy atom. The van der Waals surface area contributed by atoms with Crippen LogP contribution in [-0.4, -0.2) is 55.1 Å². The van der Waals surface area contributed by atoms with E-state index in [2.05, 4.69) is 51.9 Å². The van der Waals surface area contributed by atoms with E-state index in [9.17, 15) is 4.79 Å². The summed E-state index contributed by atoms with van der Waals surface area (Å²) in [6.07, 6.45) is 0. The molecule has 2 N–H and O–H groups in total. The van der Waals surface area contributed by atoms with Gasteiger partial charge in [0, 0.05) is 42.8 Å². The number of aryl methyl sites for hydroxylation is 1. The van der Waals surface area contributed by atoms with E-state index in [1.165, 1.54) is 4.88 Å². The number of anilines is 1. The van der Waals surface area contributed by atoms with Crippen molar-refractivity contribution in [3.63, 3.8) is 0 Å². The zero-order chi connectivity index (χ0) is 18.5. The highest BCUT2D eigenvalue weighted by Crippen LogP contribution is 2.29. The molecule has 2 amide bonds. The van der Waals surface area contributed by atoms with Crippen LogP contribution in [0.5, 0.6) is 0 Å². The maximum absolute atomic E-state index is 12.5. The van der Waals surface area contributed by atoms with Gasteiger partial charge in [0.05, 0.1) is 6.04 Å². The van der Waals surface area contributed by atoms with Crippen molar-refractivity contribution in [3.8, 4) is 0 Å². The summed E-state index contributed by atoms with van der Waals surface area (Å²) in [5.74, 6) is 0. The molecule has 2 atom stereocenters. The number of hydrogen-bond donors (Lipinski definition) is 2. The van der Waals surface area contributed by atoms with Crippen LogP contribution < -0.4 is 10.6 Å². The molecule has 0 aliphatic carbocycles. The lowest BCUT2D eigenvalue weighted by atomic mass is 10.1. The fourth-order valence-electron chi connectivity index (χ4n) is 3.48. The molecule has 6 heteroatoms. The molecule has 140 valence electrons. The normalized spacial score (nSPS) is 18.3. The molecule has 0 bridgehead atoms. The van der Waals surface area contributed by atoms with Crippen molar-refractivity contribution < 1.29 is 4.79 Å². The zero-order valence-electron chi connectivity index (χ0n) is 15.7. The average Bonchev–Trinajstić information content (AvgIpc) is 3.11. The Balaban J connectivity index is 1.67. The van der Waals surface area contributed by atoms with E-state index in [1.807, 2.05) is 31.2 Å². The molecular weight excluding hydrogens is 344 g/mol. The lowest BCUT2D eigenvalue weighted by molar-refractivity contribution is 0.0971. The van der Waals surface area contributed by atoms with Crippen LogP contribution in [0, 0.1) is 6.92 Å². The van der Waals surface area contributed by atoms with Gasteiger partial charge in [-0.05, 0) is 50.0 Å². The van der Waals surface area contributed by atoms with Crippen LogP contribution in [0.1, 0.15) is 23.4 Å². The predicted octanol–water partition coefficient (Wildman–Crippen LogP) is 3.56. The SMILES string of the molecule is Cc1cccc(NC(=O)N[C@H](C)[C@@H](c2cccs2)N2CCN(C)CC2)c1. The van der Waals surface area contributed by atoms with Gasteiger partial charge in [-0.25, -0.2) is 4.79 Å². The fraction of sp³-hybridized carbons (Fsp3) is 0.450. The van der Waals surface area contributed by atoms with E-state index in [-0.39, 0.29) is 18.1 Å². The fourth-order valence-corrected chi connectivity index (χ4v) is 4.44. The summed E-state index contributed by atoms with van der Waals surface area (Å²) in [6, 6.07) is 12.2. The zero-order valence-corrected chi connectivity index (χ0v) is 16.6. The summed E-state index contributed by atoms with van der Waals surface area (Å²) >= 11 is 1.76. The highest BCUT2D eigenvalue weighted by molar-refractivity contribution is 7.10. The average molecular weight is 373 g/mol. The van der Waals surface area contributed by atoms with Gasteiger partial charge in [-0.2, -0.15) is 0 Å². The number of thiophene rings is 1. The third-order valence-corrected chi connectivity index (χ3v) is 5.82. The van der Waals surface area contributed by atoms with Gasteiger partial charge in [0.1, 0.15) is 0 Å². The molecule has 2 aromatic rings. The molecule has 1 aliphatic heterocycles. The van der Waals surface area contributed by atoms with Crippen LogP contribution in [0.3, 0.4) is 0 Å². The Kier molecular flexibility index (Phi) is 6.29. The maximum atomic E-state index is 12.5. The Morgan fingerprint density at radius 1 is 1.15 bits per heavy atom. The van der Waals surface area contributed by atoms with Crippen LogP contribution in [0.2, 0.25) is 0 Å². The summed E-state index contributed by atoms with van der Waals surface area (Å²) in [7, 11) is 2.16. The molecule has 1 aromatic heterocycles. The van der Waals surface area contributed by atoms with E-state index in [4.69, 9.17) is 0 Å². The van der Waals surface area contributed by atoms with Crippen LogP contribution >= 0.6 is 11.3 Å². The summed E-state index contributed by atoms with van der Waals surface area (Å²) in [5, 5.41) is 8.21. The maximum Gasteiger partial charge on any atom is 0.319 e. The molecule has 0 saturated carbocycles. The summed E-state index contributed by atoms with van der Waals surface area (Å²) in [6.45, 7) is 8.27. The Hall–Kier alpha value is -1.89. The first kappa shape index (κ1) is 18.9. The molecule has 1 aliphatic rings. The van der Waals surface area contributed by atoms with Crippen LogP contribution in [0.25, 0.3) is 0 Å². The Bertz CT molecular complexity index is 710. The third kappa shape index (κ3) is 4.84. The third-order valence-electron chi connectivity index (χ3n) is 4.87. The second-order valence-corrected chi connectivity index (χ2v) is 8.04. The van der Waals surface area contributed by atoms with Crippen LogP contribution in [0.15, 0.2) is 41.8 Å². The van der Waals surface area contributed by atoms with Crippen molar-refractivity contribution in [1.29, 1.82) is 0 Å². The molecule has 2 heterocycles. The predicted molar refractivity (Wildman–Crippen MR) is 109 cm³/mol. The number of likely N-dealkylation sites (N-methyl/N-ethyl adjacent to an activating group) is 1. The van der Waals surface area contributed by atoms with Crippen LogP contribution in [-0.2, 0) is 0 Å². The first-order chi connectivity index (χ1) is 12.5. The van der Waals surface area contributed by atoms with Crippen molar-refractivity contribution in [2.24, 2.45) is 0 Å². The Labute approximate surface area is 160 Å². The second-order valence-electron chi connectivity index (χ2n) is 7.06. The van der Waals surface area contributed by atoms with E-state index < -0.39 is 0 Å². The minimum atomic E-state index is -0.154. The molecule has 3 rings (SSSR count). The number of carbonyl (C=O) groups is 1. The largest absolute Gasteiger partial charge is 0.333 e. The molecule has 5 nitrogen and oxygen atoms in total. The van der Waals surface area contributed by atoms with E-state index >= 15 is 0 Å². The lowest BCUT2D eigenvalue weighted by Gasteiger charge is -2.40. The highest BCUT2D eigenvalue weighted by atomic mass is 32.1. The number of rotatable bonds is 5. The number of hydrogen-bond acceptors (Lipinski definition) is 4. The minimum absolute atomic E-state index is 0.0156. The standard InChI is InChI=1S/C20H28N4OS/c1-15-6-4-7-17(14-15)22-20(25)21-16(2)19(18-8-5-13-26-18)24-11-9-23(3)10-12-24/h4-8,13-14,16,19H,9-12H2,1-3H3,(H2,21,22,25)/t16-,19+/m1/s1. The van der Waals surface area contributed by atoms with Crippen molar-refractivity contribution in [2.75, 3.05) is 38.5 Å². The molecule has 1 fully saturated rings. The molecule has 0 unspecified atom stereocenters. The lowest BCUT2D eigenvalue weighted by Crippen LogP contribution is -2.51. The topological polar surface area (TPSA) is 47.6 Å². The van der Waals surface area contributed by atoms with E-state index in [0.29, 0.717) is 0 Å². The van der Waals surface area contributed by atoms with Crippen molar-refractivity contribution in [1.82, 2.24) is 15.1 Å². The monoisotopic (exact) mass is 372 g/mol. The molecular formula is C20H28N4OS.